The fourth-order valence-corrected chi connectivity index (χ4v) is 4.77. The molecule has 1 fully saturated rings. The van der Waals surface area contributed by atoms with Crippen LogP contribution in [0.15, 0.2) is 42.6 Å². The molecule has 8 heteroatoms. The van der Waals surface area contributed by atoms with Crippen molar-refractivity contribution in [1.29, 1.82) is 0 Å². The molecule has 33 heavy (non-hydrogen) atoms. The number of pyridine rings is 2. The summed E-state index contributed by atoms with van der Waals surface area (Å²) in [5.74, 6) is 0.315. The Kier molecular flexibility index (Phi) is 4.36. The van der Waals surface area contributed by atoms with Crippen molar-refractivity contribution in [1.82, 2.24) is 20.3 Å². The van der Waals surface area contributed by atoms with Crippen molar-refractivity contribution in [2.75, 3.05) is 12.4 Å². The summed E-state index contributed by atoms with van der Waals surface area (Å²) in [6.07, 6.45) is 3.14. The average molecular weight is 443 g/mol. The van der Waals surface area contributed by atoms with Crippen molar-refractivity contribution in [3.8, 4) is 17.1 Å². The first kappa shape index (κ1) is 19.7. The maximum Gasteiger partial charge on any atom is 0.255 e. The van der Waals surface area contributed by atoms with Gasteiger partial charge in [-0.3, -0.25) is 9.78 Å². The van der Waals surface area contributed by atoms with Crippen LogP contribution in [0.4, 0.5) is 15.8 Å². The number of nitrogens with zero attached hydrogens (tertiary/aromatic N) is 2. The maximum atomic E-state index is 14.5. The molecule has 2 unspecified atom stereocenters. The van der Waals surface area contributed by atoms with E-state index < -0.39 is 0 Å². The molecule has 7 nitrogen and oxygen atoms in total. The van der Waals surface area contributed by atoms with Gasteiger partial charge in [0.15, 0.2) is 0 Å². The quantitative estimate of drug-likeness (QED) is 0.417. The Labute approximate surface area is 189 Å². The number of anilines is 2. The van der Waals surface area contributed by atoms with Crippen LogP contribution in [0.25, 0.3) is 22.3 Å². The van der Waals surface area contributed by atoms with Gasteiger partial charge in [0.2, 0.25) is 5.88 Å². The van der Waals surface area contributed by atoms with Gasteiger partial charge in [0.25, 0.3) is 5.91 Å². The second-order valence-corrected chi connectivity index (χ2v) is 8.41. The van der Waals surface area contributed by atoms with Gasteiger partial charge in [-0.05, 0) is 37.1 Å². The van der Waals surface area contributed by atoms with Gasteiger partial charge in [-0.25, -0.2) is 9.37 Å². The van der Waals surface area contributed by atoms with Crippen LogP contribution in [-0.4, -0.2) is 34.0 Å². The predicted octanol–water partition coefficient (Wildman–Crippen LogP) is 4.68. The standard InChI is InChI=1S/C25H22FN5O2/c1-3-12-15(26)5-4-6-16(12)28-24-20-22(14-11-18(14)29-25(20)32)31-23(24)13-9-10-27-17-7-8-19(33-2)30-21(13)17/h4-10,14,18,28,31H,3,11H2,1-2H3,(H,29,32). The fraction of sp³-hybridized carbons (Fsp3) is 0.240. The fourth-order valence-electron chi connectivity index (χ4n) is 4.77. The summed E-state index contributed by atoms with van der Waals surface area (Å²) < 4.78 is 19.9. The van der Waals surface area contributed by atoms with Crippen molar-refractivity contribution in [3.63, 3.8) is 0 Å². The highest BCUT2D eigenvalue weighted by molar-refractivity contribution is 6.09. The monoisotopic (exact) mass is 443 g/mol. The van der Waals surface area contributed by atoms with Crippen LogP contribution >= 0.6 is 0 Å². The summed E-state index contributed by atoms with van der Waals surface area (Å²) in [6.45, 7) is 1.91. The van der Waals surface area contributed by atoms with Crippen LogP contribution in [0.5, 0.6) is 5.88 Å². The first-order valence-electron chi connectivity index (χ1n) is 11.0. The summed E-state index contributed by atoms with van der Waals surface area (Å²) in [5.41, 5.74) is 6.17. The number of methoxy groups -OCH3 is 1. The Morgan fingerprint density at radius 3 is 2.94 bits per heavy atom. The van der Waals surface area contributed by atoms with Crippen LogP contribution in [0.2, 0.25) is 0 Å². The molecule has 2 atom stereocenters. The van der Waals surface area contributed by atoms with Crippen LogP contribution in [0, 0.1) is 5.82 Å². The summed E-state index contributed by atoms with van der Waals surface area (Å²) in [7, 11) is 1.57. The predicted molar refractivity (Wildman–Crippen MR) is 124 cm³/mol. The highest BCUT2D eigenvalue weighted by Crippen LogP contribution is 2.50. The number of amides is 1. The summed E-state index contributed by atoms with van der Waals surface area (Å²) in [5, 5.41) is 6.47. The molecule has 1 aliphatic carbocycles. The van der Waals surface area contributed by atoms with Crippen molar-refractivity contribution in [2.24, 2.45) is 0 Å². The van der Waals surface area contributed by atoms with E-state index in [2.05, 4.69) is 25.6 Å². The Morgan fingerprint density at radius 2 is 2.12 bits per heavy atom. The zero-order chi connectivity index (χ0) is 22.7. The lowest BCUT2D eigenvalue weighted by Crippen LogP contribution is -2.31. The molecule has 0 radical (unpaired) electrons. The lowest BCUT2D eigenvalue weighted by atomic mass is 10.0. The van der Waals surface area contributed by atoms with Crippen molar-refractivity contribution >= 4 is 28.3 Å². The maximum absolute atomic E-state index is 14.5. The van der Waals surface area contributed by atoms with Gasteiger partial charge in [0.1, 0.15) is 11.3 Å². The smallest absolute Gasteiger partial charge is 0.255 e. The molecule has 0 spiro atoms. The van der Waals surface area contributed by atoms with Gasteiger partial charge < -0.3 is 20.4 Å². The Balaban J connectivity index is 1.60. The molecule has 1 saturated carbocycles. The number of ether oxygens (including phenoxy) is 1. The lowest BCUT2D eigenvalue weighted by Gasteiger charge is -2.17. The second-order valence-electron chi connectivity index (χ2n) is 8.41. The summed E-state index contributed by atoms with van der Waals surface area (Å²) in [6, 6.07) is 10.6. The van der Waals surface area contributed by atoms with E-state index >= 15 is 0 Å². The highest BCUT2D eigenvalue weighted by Gasteiger charge is 2.48. The van der Waals surface area contributed by atoms with E-state index in [9.17, 15) is 9.18 Å². The first-order chi connectivity index (χ1) is 16.1. The molecule has 0 saturated heterocycles. The molecule has 1 amide bonds. The van der Waals surface area contributed by atoms with Gasteiger partial charge in [-0.15, -0.1) is 0 Å². The molecule has 4 aromatic rings. The summed E-state index contributed by atoms with van der Waals surface area (Å²) in [4.78, 5) is 25.6. The molecule has 4 heterocycles. The van der Waals surface area contributed by atoms with Crippen molar-refractivity contribution in [2.45, 2.75) is 31.7 Å². The van der Waals surface area contributed by atoms with Crippen molar-refractivity contribution in [3.05, 3.63) is 65.2 Å². The van der Waals surface area contributed by atoms with Gasteiger partial charge in [-0.1, -0.05) is 13.0 Å². The second kappa shape index (κ2) is 7.30. The van der Waals surface area contributed by atoms with Crippen LogP contribution < -0.4 is 15.4 Å². The van der Waals surface area contributed by atoms with Gasteiger partial charge in [0, 0.05) is 46.7 Å². The molecule has 3 N–H and O–H groups in total. The highest BCUT2D eigenvalue weighted by atomic mass is 19.1. The molecule has 2 aliphatic rings. The molecule has 1 aromatic carbocycles. The lowest BCUT2D eigenvalue weighted by molar-refractivity contribution is 0.0944. The van der Waals surface area contributed by atoms with E-state index in [-0.39, 0.29) is 23.7 Å². The van der Waals surface area contributed by atoms with E-state index in [1.165, 1.54) is 6.07 Å². The Bertz CT molecular complexity index is 1430. The molecule has 3 aromatic heterocycles. The van der Waals surface area contributed by atoms with E-state index in [1.54, 1.807) is 25.4 Å². The number of aromatic amines is 1. The molecular formula is C25H22FN5O2. The van der Waals surface area contributed by atoms with Gasteiger partial charge >= 0.3 is 0 Å². The normalized spacial score (nSPS) is 18.5. The number of carbonyl (C=O) groups excluding carboxylic acids is 1. The minimum Gasteiger partial charge on any atom is -0.481 e. The Morgan fingerprint density at radius 1 is 1.24 bits per heavy atom. The SMILES string of the molecule is CCc1c(F)cccc1Nc1c(-c2ccnc3ccc(OC)nc23)[nH]c2c1C(=O)NC1CC21. The van der Waals surface area contributed by atoms with Crippen molar-refractivity contribution < 1.29 is 13.9 Å². The van der Waals surface area contributed by atoms with Crippen LogP contribution in [0.3, 0.4) is 0 Å². The number of rotatable bonds is 5. The number of H-pyrrole nitrogens is 1. The van der Waals surface area contributed by atoms with Gasteiger partial charge in [0.05, 0.1) is 29.6 Å². The number of benzene rings is 1. The van der Waals surface area contributed by atoms with Crippen LogP contribution in [0.1, 0.15) is 40.9 Å². The van der Waals surface area contributed by atoms with Gasteiger partial charge in [-0.2, -0.15) is 0 Å². The van der Waals surface area contributed by atoms with Crippen LogP contribution in [-0.2, 0) is 6.42 Å². The third-order valence-corrected chi connectivity index (χ3v) is 6.50. The van der Waals surface area contributed by atoms with E-state index in [4.69, 9.17) is 4.74 Å². The first-order valence-corrected chi connectivity index (χ1v) is 11.0. The molecule has 166 valence electrons. The zero-order valence-corrected chi connectivity index (χ0v) is 18.2. The average Bonchev–Trinajstić information content (AvgIpc) is 3.50. The molecular weight excluding hydrogens is 421 g/mol. The van der Waals surface area contributed by atoms with E-state index in [0.29, 0.717) is 45.8 Å². The van der Waals surface area contributed by atoms with E-state index in [0.717, 1.165) is 23.4 Å². The number of carbonyl (C=O) groups is 1. The minimum absolute atomic E-state index is 0.132. The number of hydrogen-bond acceptors (Lipinski definition) is 5. The molecule has 1 aliphatic heterocycles. The third kappa shape index (κ3) is 3.05. The number of fused-ring (bicyclic) bond motifs is 4. The number of hydrogen-bond donors (Lipinski definition) is 3. The largest absolute Gasteiger partial charge is 0.481 e. The summed E-state index contributed by atoms with van der Waals surface area (Å²) >= 11 is 0. The number of nitrogens with one attached hydrogen (secondary N) is 3. The zero-order valence-electron chi connectivity index (χ0n) is 18.2. The Hall–Kier alpha value is -3.94. The minimum atomic E-state index is -0.277. The topological polar surface area (TPSA) is 91.9 Å². The number of halogens is 1. The van der Waals surface area contributed by atoms with E-state index in [1.807, 2.05) is 25.1 Å². The third-order valence-electron chi connectivity index (χ3n) is 6.50. The molecule has 6 rings (SSSR count). The number of aromatic nitrogens is 3. The molecule has 0 bridgehead atoms.